The summed E-state index contributed by atoms with van der Waals surface area (Å²) >= 11 is 1.41. The molecule has 0 spiro atoms. The van der Waals surface area contributed by atoms with Crippen LogP contribution < -0.4 is 10.2 Å². The van der Waals surface area contributed by atoms with Crippen LogP contribution in [-0.4, -0.2) is 66.2 Å². The van der Waals surface area contributed by atoms with Crippen LogP contribution in [0.2, 0.25) is 0 Å². The number of nitrogens with zero attached hydrogens (tertiary/aromatic N) is 5. The molecule has 1 aromatic carbocycles. The number of amides is 1. The van der Waals surface area contributed by atoms with Crippen LogP contribution in [0.25, 0.3) is 10.6 Å². The Balaban J connectivity index is 1.31. The number of aromatic nitrogens is 2. The molecule has 1 amide bonds. The summed E-state index contributed by atoms with van der Waals surface area (Å²) < 4.78 is 46.9. The number of anilines is 1. The summed E-state index contributed by atoms with van der Waals surface area (Å²) in [6.07, 6.45) is -2.97. The fourth-order valence-electron chi connectivity index (χ4n) is 4.92. The lowest BCUT2D eigenvalue weighted by Crippen LogP contribution is -2.44. The molecule has 2 saturated heterocycles. The first kappa shape index (κ1) is 28.0. The first-order valence-electron chi connectivity index (χ1n) is 13.2. The Morgan fingerprint density at radius 1 is 1.12 bits per heavy atom. The lowest BCUT2D eigenvalue weighted by molar-refractivity contribution is -0.144. The van der Waals surface area contributed by atoms with E-state index in [1.165, 1.54) is 11.3 Å². The average molecular weight is 571 g/mol. The maximum atomic E-state index is 13.8. The first-order valence-corrected chi connectivity index (χ1v) is 14.0. The van der Waals surface area contributed by atoms with Crippen LogP contribution in [0.15, 0.2) is 42.5 Å². The number of hydrogen-bond donors (Lipinski definition) is 1. The number of ether oxygens (including phenoxy) is 1. The number of carbonyl (C=O) groups is 1. The van der Waals surface area contributed by atoms with Crippen LogP contribution in [0.1, 0.15) is 34.7 Å². The number of thiophene rings is 1. The summed E-state index contributed by atoms with van der Waals surface area (Å²) in [5.41, 5.74) is 1.73. The normalized spacial score (nSPS) is 18.1. The van der Waals surface area contributed by atoms with E-state index in [1.54, 1.807) is 29.2 Å². The molecule has 0 radical (unpaired) electrons. The lowest BCUT2D eigenvalue weighted by Gasteiger charge is -2.26. The molecule has 8 nitrogen and oxygen atoms in total. The van der Waals surface area contributed by atoms with E-state index >= 15 is 0 Å². The van der Waals surface area contributed by atoms with Crippen molar-refractivity contribution in [3.05, 3.63) is 64.3 Å². The first-order chi connectivity index (χ1) is 19.3. The molecular formula is C28H29F3N6O2S. The number of alkyl halides is 3. The third-order valence-electron chi connectivity index (χ3n) is 7.01. The molecule has 210 valence electrons. The van der Waals surface area contributed by atoms with Crippen molar-refractivity contribution in [1.82, 2.24) is 20.2 Å². The van der Waals surface area contributed by atoms with Gasteiger partial charge in [-0.05, 0) is 49.1 Å². The number of benzene rings is 1. The Morgan fingerprint density at radius 2 is 1.90 bits per heavy atom. The zero-order chi connectivity index (χ0) is 28.1. The molecule has 0 aliphatic carbocycles. The minimum absolute atomic E-state index is 0.102. The van der Waals surface area contributed by atoms with Crippen molar-refractivity contribution in [2.75, 3.05) is 44.3 Å². The third-order valence-corrected chi connectivity index (χ3v) is 8.10. The summed E-state index contributed by atoms with van der Waals surface area (Å²) in [4.78, 5) is 26.4. The maximum Gasteiger partial charge on any atom is 0.451 e. The second-order valence-corrected chi connectivity index (χ2v) is 11.0. The number of rotatable bonds is 8. The van der Waals surface area contributed by atoms with Crippen molar-refractivity contribution in [1.29, 1.82) is 5.26 Å². The van der Waals surface area contributed by atoms with E-state index in [0.717, 1.165) is 23.5 Å². The highest BCUT2D eigenvalue weighted by Gasteiger charge is 2.38. The molecule has 0 unspecified atom stereocenters. The minimum atomic E-state index is -4.72. The Labute approximate surface area is 234 Å². The van der Waals surface area contributed by atoms with Gasteiger partial charge in [0.15, 0.2) is 0 Å². The number of hydrogen-bond acceptors (Lipinski definition) is 8. The average Bonchev–Trinajstić information content (AvgIpc) is 3.64. The van der Waals surface area contributed by atoms with Crippen LogP contribution in [0, 0.1) is 11.3 Å². The van der Waals surface area contributed by atoms with E-state index in [-0.39, 0.29) is 17.4 Å². The van der Waals surface area contributed by atoms with Gasteiger partial charge in [0.05, 0.1) is 35.4 Å². The molecule has 2 aliphatic heterocycles. The molecule has 2 aliphatic rings. The zero-order valence-electron chi connectivity index (χ0n) is 21.8. The van der Waals surface area contributed by atoms with Crippen molar-refractivity contribution in [2.45, 2.75) is 38.0 Å². The van der Waals surface area contributed by atoms with Gasteiger partial charge < -0.3 is 15.0 Å². The maximum absolute atomic E-state index is 13.8. The van der Waals surface area contributed by atoms with Crippen molar-refractivity contribution >= 4 is 23.1 Å². The molecule has 5 rings (SSSR count). The molecule has 1 N–H and O–H groups in total. The van der Waals surface area contributed by atoms with Crippen LogP contribution >= 0.6 is 11.3 Å². The Morgan fingerprint density at radius 3 is 2.62 bits per heavy atom. The summed E-state index contributed by atoms with van der Waals surface area (Å²) in [6, 6.07) is 13.8. The van der Waals surface area contributed by atoms with Crippen molar-refractivity contribution in [3.63, 3.8) is 0 Å². The highest BCUT2D eigenvalue weighted by molar-refractivity contribution is 7.15. The fourth-order valence-corrected chi connectivity index (χ4v) is 5.93. The Bertz CT molecular complexity index is 1370. The van der Waals surface area contributed by atoms with Gasteiger partial charge in [-0.3, -0.25) is 9.69 Å². The summed E-state index contributed by atoms with van der Waals surface area (Å²) in [7, 11) is 0. The largest absolute Gasteiger partial charge is 0.451 e. The minimum Gasteiger partial charge on any atom is -0.379 e. The van der Waals surface area contributed by atoms with Gasteiger partial charge in [-0.2, -0.15) is 18.4 Å². The van der Waals surface area contributed by atoms with Gasteiger partial charge in [-0.25, -0.2) is 9.97 Å². The van der Waals surface area contributed by atoms with Gasteiger partial charge in [0.25, 0.3) is 0 Å². The van der Waals surface area contributed by atoms with Gasteiger partial charge in [0, 0.05) is 43.7 Å². The van der Waals surface area contributed by atoms with Crippen LogP contribution in [-0.2, 0) is 28.7 Å². The second-order valence-electron chi connectivity index (χ2n) is 9.79. The predicted molar refractivity (Wildman–Crippen MR) is 145 cm³/mol. The molecule has 4 heterocycles. The summed E-state index contributed by atoms with van der Waals surface area (Å²) in [5, 5.41) is 11.8. The van der Waals surface area contributed by atoms with Gasteiger partial charge in [-0.1, -0.05) is 12.1 Å². The Hall–Kier alpha value is -3.53. The number of nitrogens with one attached hydrogen (secondary N) is 1. The van der Waals surface area contributed by atoms with Gasteiger partial charge in [-0.15, -0.1) is 11.3 Å². The molecular weight excluding hydrogens is 541 g/mol. The molecule has 0 saturated carbocycles. The van der Waals surface area contributed by atoms with Crippen LogP contribution in [0.4, 0.5) is 19.0 Å². The second kappa shape index (κ2) is 12.3. The SMILES string of the molecule is N#Cc1ccc(CCNC(=O)[C@@H]2CCCN2c2cc(-c3ccc(CN4CCOCC4)s3)nc(C(F)(F)F)n2)cc1. The van der Waals surface area contributed by atoms with Crippen molar-refractivity contribution < 1.29 is 22.7 Å². The zero-order valence-corrected chi connectivity index (χ0v) is 22.6. The summed E-state index contributed by atoms with van der Waals surface area (Å²) in [5.74, 6) is -1.36. The van der Waals surface area contributed by atoms with E-state index in [1.807, 2.05) is 18.2 Å². The van der Waals surface area contributed by atoms with Crippen LogP contribution in [0.5, 0.6) is 0 Å². The van der Waals surface area contributed by atoms with E-state index in [2.05, 4.69) is 26.3 Å². The predicted octanol–water partition coefficient (Wildman–Crippen LogP) is 4.26. The smallest absolute Gasteiger partial charge is 0.379 e. The molecule has 40 heavy (non-hydrogen) atoms. The highest BCUT2D eigenvalue weighted by atomic mass is 32.1. The number of halogens is 3. The van der Waals surface area contributed by atoms with Gasteiger partial charge >= 0.3 is 6.18 Å². The van der Waals surface area contributed by atoms with Crippen molar-refractivity contribution in [2.24, 2.45) is 0 Å². The number of carbonyl (C=O) groups excluding carboxylic acids is 1. The number of morpholine rings is 1. The fraction of sp³-hybridized carbons (Fsp3) is 0.429. The molecule has 0 bridgehead atoms. The quantitative estimate of drug-likeness (QED) is 0.433. The molecule has 12 heteroatoms. The van der Waals surface area contributed by atoms with Gasteiger partial charge in [0.2, 0.25) is 11.7 Å². The monoisotopic (exact) mass is 570 g/mol. The van der Waals surface area contributed by atoms with E-state index in [4.69, 9.17) is 10.00 Å². The summed E-state index contributed by atoms with van der Waals surface area (Å²) in [6.45, 7) is 4.47. The van der Waals surface area contributed by atoms with Crippen LogP contribution in [0.3, 0.4) is 0 Å². The highest BCUT2D eigenvalue weighted by Crippen LogP contribution is 2.35. The molecule has 2 aromatic heterocycles. The molecule has 3 aromatic rings. The standard InChI is InChI=1S/C28H29F3N6O2S/c29-28(30,31)27-34-22(24-8-7-21(40-24)18-36-12-14-39-15-13-36)16-25(35-27)37-11-1-2-23(37)26(38)33-10-9-19-3-5-20(17-32)6-4-19/h3-8,16,23H,1-2,9-15,18H2,(H,33,38)/t23-/m0/s1. The van der Waals surface area contributed by atoms with E-state index in [0.29, 0.717) is 62.6 Å². The van der Waals surface area contributed by atoms with Crippen molar-refractivity contribution in [3.8, 4) is 16.6 Å². The molecule has 2 fully saturated rings. The van der Waals surface area contributed by atoms with E-state index < -0.39 is 18.0 Å². The topological polar surface area (TPSA) is 94.4 Å². The van der Waals surface area contributed by atoms with E-state index in [9.17, 15) is 18.0 Å². The lowest BCUT2D eigenvalue weighted by atomic mass is 10.1. The Kier molecular flexibility index (Phi) is 8.63. The van der Waals surface area contributed by atoms with Gasteiger partial charge in [0.1, 0.15) is 11.9 Å². The third kappa shape index (κ3) is 6.78. The molecule has 1 atom stereocenters. The number of nitriles is 1.